The van der Waals surface area contributed by atoms with E-state index >= 15 is 0 Å². The van der Waals surface area contributed by atoms with Crippen LogP contribution in [0.25, 0.3) is 0 Å². The van der Waals surface area contributed by atoms with Gasteiger partial charge in [0.15, 0.2) is 0 Å². The van der Waals surface area contributed by atoms with Crippen LogP contribution in [0, 0.1) is 0 Å². The summed E-state index contributed by atoms with van der Waals surface area (Å²) in [4.78, 5) is 9.18. The third kappa shape index (κ3) is 4.03. The lowest BCUT2D eigenvalue weighted by Crippen LogP contribution is -2.51. The molecule has 0 aliphatic carbocycles. The molecule has 2 aliphatic rings. The van der Waals surface area contributed by atoms with Crippen molar-refractivity contribution in [2.75, 3.05) is 32.7 Å². The van der Waals surface area contributed by atoms with Gasteiger partial charge in [0.05, 0.1) is 5.54 Å². The van der Waals surface area contributed by atoms with Gasteiger partial charge in [-0.1, -0.05) is 0 Å². The molecule has 1 saturated heterocycles. The van der Waals surface area contributed by atoms with Gasteiger partial charge in [-0.25, -0.2) is 4.99 Å². The highest BCUT2D eigenvalue weighted by Gasteiger charge is 2.26. The van der Waals surface area contributed by atoms with Crippen molar-refractivity contribution in [1.82, 2.24) is 9.80 Å². The summed E-state index contributed by atoms with van der Waals surface area (Å²) in [5.74, 6) is 0.589. The molecule has 1 fully saturated rings. The Hall–Kier alpha value is -0.910. The molecular formula is C14H27N5. The maximum atomic E-state index is 6.33. The van der Waals surface area contributed by atoms with E-state index in [1.54, 1.807) is 0 Å². The standard InChI is InChI=1S/C14H27N5/c1-12(2)19-9-7-18(8-10-19)6-5-14(16)4-3-13(15)17-11-14/h3,11-12H,4-10,15-16H2,1-2H3. The van der Waals surface area contributed by atoms with Crippen molar-refractivity contribution < 1.29 is 0 Å². The minimum Gasteiger partial charge on any atom is -0.384 e. The first kappa shape index (κ1) is 14.5. The van der Waals surface area contributed by atoms with Crippen LogP contribution in [0.3, 0.4) is 0 Å². The van der Waals surface area contributed by atoms with Crippen LogP contribution in [0.5, 0.6) is 0 Å². The Morgan fingerprint density at radius 2 is 2.00 bits per heavy atom. The van der Waals surface area contributed by atoms with E-state index in [1.807, 2.05) is 12.3 Å². The molecule has 5 nitrogen and oxygen atoms in total. The van der Waals surface area contributed by atoms with Crippen LogP contribution < -0.4 is 11.5 Å². The maximum Gasteiger partial charge on any atom is 0.118 e. The van der Waals surface area contributed by atoms with Gasteiger partial charge >= 0.3 is 0 Å². The summed E-state index contributed by atoms with van der Waals surface area (Å²) in [7, 11) is 0. The zero-order valence-corrected chi connectivity index (χ0v) is 12.2. The smallest absolute Gasteiger partial charge is 0.118 e. The number of rotatable bonds is 4. The molecule has 2 aliphatic heterocycles. The Balaban J connectivity index is 1.74. The van der Waals surface area contributed by atoms with Gasteiger partial charge in [-0.3, -0.25) is 4.90 Å². The molecular weight excluding hydrogens is 238 g/mol. The normalized spacial score (nSPS) is 29.8. The third-order valence-corrected chi connectivity index (χ3v) is 4.19. The Morgan fingerprint density at radius 3 is 2.53 bits per heavy atom. The van der Waals surface area contributed by atoms with Crippen molar-refractivity contribution in [1.29, 1.82) is 0 Å². The molecule has 19 heavy (non-hydrogen) atoms. The Kier molecular flexibility index (Phi) is 4.60. The van der Waals surface area contributed by atoms with E-state index in [2.05, 4.69) is 28.6 Å². The molecule has 0 saturated carbocycles. The monoisotopic (exact) mass is 265 g/mol. The molecule has 1 atom stereocenters. The fraction of sp³-hybridized carbons (Fsp3) is 0.786. The van der Waals surface area contributed by atoms with Gasteiger partial charge in [-0.05, 0) is 32.8 Å². The molecule has 2 heterocycles. The van der Waals surface area contributed by atoms with Gasteiger partial charge in [-0.15, -0.1) is 0 Å². The van der Waals surface area contributed by atoms with Gasteiger partial charge in [0, 0.05) is 45.0 Å². The Morgan fingerprint density at radius 1 is 1.32 bits per heavy atom. The van der Waals surface area contributed by atoms with Gasteiger partial charge in [-0.2, -0.15) is 0 Å². The first-order valence-electron chi connectivity index (χ1n) is 7.25. The van der Waals surface area contributed by atoms with Crippen molar-refractivity contribution in [3.63, 3.8) is 0 Å². The summed E-state index contributed by atoms with van der Waals surface area (Å²) in [6.07, 6.45) is 5.50. The first-order valence-corrected chi connectivity index (χ1v) is 7.25. The Labute approximate surface area is 116 Å². The van der Waals surface area contributed by atoms with Crippen LogP contribution in [-0.4, -0.2) is 60.3 Å². The van der Waals surface area contributed by atoms with E-state index in [0.29, 0.717) is 11.9 Å². The minimum absolute atomic E-state index is 0.307. The maximum absolute atomic E-state index is 6.33. The number of hydrogen-bond donors (Lipinski definition) is 2. The molecule has 0 radical (unpaired) electrons. The van der Waals surface area contributed by atoms with Crippen molar-refractivity contribution in [3.05, 3.63) is 11.9 Å². The van der Waals surface area contributed by atoms with Crippen LogP contribution in [0.2, 0.25) is 0 Å². The predicted octanol–water partition coefficient (Wildman–Crippen LogP) is 0.375. The average Bonchev–Trinajstić information content (AvgIpc) is 2.41. The Bertz CT molecular complexity index is 355. The predicted molar refractivity (Wildman–Crippen MR) is 80.1 cm³/mol. The van der Waals surface area contributed by atoms with Gasteiger partial charge < -0.3 is 16.4 Å². The fourth-order valence-corrected chi connectivity index (χ4v) is 2.64. The minimum atomic E-state index is -0.307. The highest BCUT2D eigenvalue weighted by atomic mass is 15.3. The molecule has 0 aromatic carbocycles. The molecule has 0 bridgehead atoms. The second-order valence-electron chi connectivity index (χ2n) is 6.05. The van der Waals surface area contributed by atoms with Crippen molar-refractivity contribution in [2.24, 2.45) is 16.5 Å². The number of hydrogen-bond acceptors (Lipinski definition) is 5. The summed E-state index contributed by atoms with van der Waals surface area (Å²) >= 11 is 0. The molecule has 4 N–H and O–H groups in total. The average molecular weight is 265 g/mol. The lowest BCUT2D eigenvalue weighted by Gasteiger charge is -2.38. The van der Waals surface area contributed by atoms with E-state index in [1.165, 1.54) is 0 Å². The van der Waals surface area contributed by atoms with Gasteiger partial charge in [0.25, 0.3) is 0 Å². The highest BCUT2D eigenvalue weighted by Crippen LogP contribution is 2.17. The van der Waals surface area contributed by atoms with Crippen LogP contribution in [0.4, 0.5) is 0 Å². The zero-order chi connectivity index (χ0) is 13.9. The van der Waals surface area contributed by atoms with E-state index in [9.17, 15) is 0 Å². The third-order valence-electron chi connectivity index (χ3n) is 4.19. The molecule has 0 spiro atoms. The summed E-state index contributed by atoms with van der Waals surface area (Å²) in [6.45, 7) is 10.2. The van der Waals surface area contributed by atoms with Crippen molar-refractivity contribution >= 4 is 6.21 Å². The molecule has 1 unspecified atom stereocenters. The summed E-state index contributed by atoms with van der Waals surface area (Å²) in [6, 6.07) is 0.654. The van der Waals surface area contributed by atoms with Crippen molar-refractivity contribution in [3.8, 4) is 0 Å². The molecule has 5 heteroatoms. The molecule has 0 aromatic heterocycles. The zero-order valence-electron chi connectivity index (χ0n) is 12.2. The van der Waals surface area contributed by atoms with Crippen LogP contribution in [0.15, 0.2) is 16.9 Å². The number of piperazine rings is 1. The SMILES string of the molecule is CC(C)N1CCN(CCC2(N)C=NC(N)=CC2)CC1. The quantitative estimate of drug-likeness (QED) is 0.771. The lowest BCUT2D eigenvalue weighted by molar-refractivity contribution is 0.105. The van der Waals surface area contributed by atoms with Crippen LogP contribution in [0.1, 0.15) is 26.7 Å². The van der Waals surface area contributed by atoms with Gasteiger partial charge in [0.1, 0.15) is 5.82 Å². The summed E-state index contributed by atoms with van der Waals surface area (Å²) in [5, 5.41) is 0. The second-order valence-corrected chi connectivity index (χ2v) is 6.05. The van der Waals surface area contributed by atoms with Gasteiger partial charge in [0.2, 0.25) is 0 Å². The number of nitrogens with two attached hydrogens (primary N) is 2. The van der Waals surface area contributed by atoms with E-state index in [4.69, 9.17) is 11.5 Å². The van der Waals surface area contributed by atoms with E-state index in [0.717, 1.165) is 45.6 Å². The lowest BCUT2D eigenvalue weighted by atomic mass is 9.92. The second kappa shape index (κ2) is 6.03. The molecule has 0 aromatic rings. The van der Waals surface area contributed by atoms with Crippen molar-refractivity contribution in [2.45, 2.75) is 38.3 Å². The van der Waals surface area contributed by atoms with Crippen LogP contribution >= 0.6 is 0 Å². The molecule has 2 rings (SSSR count). The molecule has 0 amide bonds. The first-order chi connectivity index (χ1) is 8.98. The van der Waals surface area contributed by atoms with E-state index < -0.39 is 0 Å². The summed E-state index contributed by atoms with van der Waals surface area (Å²) < 4.78 is 0. The fourth-order valence-electron chi connectivity index (χ4n) is 2.64. The number of nitrogens with zero attached hydrogens (tertiary/aromatic N) is 3. The summed E-state index contributed by atoms with van der Waals surface area (Å²) in [5.41, 5.74) is 11.7. The molecule has 108 valence electrons. The number of aliphatic imine (C=N–C) groups is 1. The topological polar surface area (TPSA) is 70.9 Å². The largest absolute Gasteiger partial charge is 0.384 e. The van der Waals surface area contributed by atoms with E-state index in [-0.39, 0.29) is 5.54 Å². The van der Waals surface area contributed by atoms with Crippen LogP contribution in [-0.2, 0) is 0 Å². The highest BCUT2D eigenvalue weighted by molar-refractivity contribution is 5.72.